The molecule has 0 amide bonds. The van der Waals surface area contributed by atoms with Crippen molar-refractivity contribution in [1.29, 1.82) is 0 Å². The van der Waals surface area contributed by atoms with Crippen LogP contribution in [-0.2, 0) is 0 Å². The zero-order valence-electron chi connectivity index (χ0n) is 8.40. The molecule has 4 heteroatoms. The van der Waals surface area contributed by atoms with E-state index in [9.17, 15) is 4.79 Å². The first-order valence-electron chi connectivity index (χ1n) is 4.48. The summed E-state index contributed by atoms with van der Waals surface area (Å²) < 4.78 is 0. The van der Waals surface area contributed by atoms with Crippen LogP contribution < -0.4 is 0 Å². The van der Waals surface area contributed by atoms with E-state index in [2.05, 4.69) is 6.07 Å². The number of rotatable bonds is 2. The Kier molecular flexibility index (Phi) is 2.63. The van der Waals surface area contributed by atoms with Crippen LogP contribution in [0, 0.1) is 13.8 Å². The van der Waals surface area contributed by atoms with Crippen LogP contribution in [0.5, 0.6) is 0 Å². The van der Waals surface area contributed by atoms with Crippen molar-refractivity contribution >= 4 is 28.6 Å². The highest BCUT2D eigenvalue weighted by Crippen LogP contribution is 2.37. The van der Waals surface area contributed by atoms with E-state index >= 15 is 0 Å². The molecule has 2 aromatic heterocycles. The van der Waals surface area contributed by atoms with Gasteiger partial charge in [-0.1, -0.05) is 0 Å². The number of carboxylic acids is 1. The molecule has 0 aromatic carbocycles. The average molecular weight is 238 g/mol. The van der Waals surface area contributed by atoms with Crippen molar-refractivity contribution in [3.63, 3.8) is 0 Å². The lowest BCUT2D eigenvalue weighted by molar-refractivity contribution is 0.0698. The van der Waals surface area contributed by atoms with Gasteiger partial charge in [0.05, 0.1) is 10.4 Å². The zero-order chi connectivity index (χ0) is 11.0. The van der Waals surface area contributed by atoms with Gasteiger partial charge in [0.15, 0.2) is 0 Å². The SMILES string of the molecule is Cc1cc(C)c(-c2sccc2C(=O)O)s1. The molecule has 0 bridgehead atoms. The summed E-state index contributed by atoms with van der Waals surface area (Å²) in [7, 11) is 0. The maximum Gasteiger partial charge on any atom is 0.337 e. The van der Waals surface area contributed by atoms with Crippen molar-refractivity contribution in [3.05, 3.63) is 33.5 Å². The minimum atomic E-state index is -0.850. The lowest BCUT2D eigenvalue weighted by Gasteiger charge is -1.97. The van der Waals surface area contributed by atoms with Crippen molar-refractivity contribution in [1.82, 2.24) is 0 Å². The van der Waals surface area contributed by atoms with Crippen molar-refractivity contribution in [2.24, 2.45) is 0 Å². The summed E-state index contributed by atoms with van der Waals surface area (Å²) in [5.41, 5.74) is 1.56. The molecular formula is C11H10O2S2. The second kappa shape index (κ2) is 3.79. The van der Waals surface area contributed by atoms with Crippen molar-refractivity contribution < 1.29 is 9.90 Å². The molecule has 0 atom stereocenters. The van der Waals surface area contributed by atoms with Crippen LogP contribution >= 0.6 is 22.7 Å². The van der Waals surface area contributed by atoms with E-state index < -0.39 is 5.97 Å². The number of carboxylic acid groups (broad SMARTS) is 1. The maximum absolute atomic E-state index is 11.0. The van der Waals surface area contributed by atoms with Gasteiger partial charge in [-0.2, -0.15) is 0 Å². The summed E-state index contributed by atoms with van der Waals surface area (Å²) in [6, 6.07) is 3.75. The Bertz CT molecular complexity index is 508. The topological polar surface area (TPSA) is 37.3 Å². The molecule has 2 rings (SSSR count). The molecule has 0 spiro atoms. The van der Waals surface area contributed by atoms with Crippen molar-refractivity contribution in [2.75, 3.05) is 0 Å². The monoisotopic (exact) mass is 238 g/mol. The van der Waals surface area contributed by atoms with Crippen LogP contribution in [0.25, 0.3) is 9.75 Å². The second-order valence-corrected chi connectivity index (χ2v) is 5.51. The van der Waals surface area contributed by atoms with Gasteiger partial charge in [-0.15, -0.1) is 22.7 Å². The minimum absolute atomic E-state index is 0.407. The molecule has 0 unspecified atom stereocenters. The fourth-order valence-corrected chi connectivity index (χ4v) is 3.66. The number of aromatic carboxylic acids is 1. The molecule has 0 saturated carbocycles. The number of thiophene rings is 2. The van der Waals surface area contributed by atoms with Gasteiger partial charge in [0.1, 0.15) is 0 Å². The average Bonchev–Trinajstić information content (AvgIpc) is 2.71. The fraction of sp³-hybridized carbons (Fsp3) is 0.182. The lowest BCUT2D eigenvalue weighted by atomic mass is 10.2. The van der Waals surface area contributed by atoms with Gasteiger partial charge in [-0.3, -0.25) is 0 Å². The van der Waals surface area contributed by atoms with Crippen LogP contribution in [0.15, 0.2) is 17.5 Å². The molecule has 0 fully saturated rings. The van der Waals surface area contributed by atoms with E-state index in [0.29, 0.717) is 5.56 Å². The largest absolute Gasteiger partial charge is 0.478 e. The van der Waals surface area contributed by atoms with Crippen LogP contribution in [0.1, 0.15) is 20.8 Å². The lowest BCUT2D eigenvalue weighted by Crippen LogP contribution is -1.94. The molecule has 78 valence electrons. The first kappa shape index (κ1) is 10.4. The molecule has 0 aliphatic heterocycles. The standard InChI is InChI=1S/C11H10O2S2/c1-6-5-7(2)15-9(6)10-8(11(12)13)3-4-14-10/h3-5H,1-2H3,(H,12,13). The van der Waals surface area contributed by atoms with Crippen molar-refractivity contribution in [3.8, 4) is 9.75 Å². The van der Waals surface area contributed by atoms with Crippen molar-refractivity contribution in [2.45, 2.75) is 13.8 Å². The van der Waals surface area contributed by atoms with Gasteiger partial charge in [-0.05, 0) is 36.9 Å². The number of hydrogen-bond acceptors (Lipinski definition) is 3. The van der Waals surface area contributed by atoms with Gasteiger partial charge in [-0.25, -0.2) is 4.79 Å². The smallest absolute Gasteiger partial charge is 0.337 e. The van der Waals surface area contributed by atoms with E-state index in [1.165, 1.54) is 16.2 Å². The first-order chi connectivity index (χ1) is 7.09. The van der Waals surface area contributed by atoms with Gasteiger partial charge in [0.2, 0.25) is 0 Å². The quantitative estimate of drug-likeness (QED) is 0.864. The Balaban J connectivity index is 2.58. The predicted octanol–water partition coefficient (Wildman–Crippen LogP) is 3.79. The van der Waals surface area contributed by atoms with E-state index in [0.717, 1.165) is 15.3 Å². The summed E-state index contributed by atoms with van der Waals surface area (Å²) in [6.07, 6.45) is 0. The Morgan fingerprint density at radius 2 is 2.07 bits per heavy atom. The van der Waals surface area contributed by atoms with Gasteiger partial charge in [0.25, 0.3) is 0 Å². The normalized spacial score (nSPS) is 10.5. The van der Waals surface area contributed by atoms with Gasteiger partial charge >= 0.3 is 5.97 Å². The molecule has 0 aliphatic carbocycles. The number of hydrogen-bond donors (Lipinski definition) is 1. The van der Waals surface area contributed by atoms with E-state index in [4.69, 9.17) is 5.11 Å². The third kappa shape index (κ3) is 1.82. The van der Waals surface area contributed by atoms with Gasteiger partial charge < -0.3 is 5.11 Å². The van der Waals surface area contributed by atoms with E-state index in [1.54, 1.807) is 17.4 Å². The molecule has 0 aliphatic rings. The van der Waals surface area contributed by atoms with Crippen LogP contribution in [-0.4, -0.2) is 11.1 Å². The Morgan fingerprint density at radius 1 is 1.33 bits per heavy atom. The predicted molar refractivity (Wildman–Crippen MR) is 64.1 cm³/mol. The minimum Gasteiger partial charge on any atom is -0.478 e. The molecule has 15 heavy (non-hydrogen) atoms. The summed E-state index contributed by atoms with van der Waals surface area (Å²) >= 11 is 3.14. The maximum atomic E-state index is 11.0. The van der Waals surface area contributed by atoms with Crippen LogP contribution in [0.2, 0.25) is 0 Å². The van der Waals surface area contributed by atoms with E-state index in [1.807, 2.05) is 19.2 Å². The third-order valence-corrected chi connectivity index (χ3v) is 4.37. The molecular weight excluding hydrogens is 228 g/mol. The Hall–Kier alpha value is -1.13. The third-order valence-electron chi connectivity index (χ3n) is 2.14. The van der Waals surface area contributed by atoms with E-state index in [-0.39, 0.29) is 0 Å². The Labute approximate surface area is 95.8 Å². The molecule has 0 radical (unpaired) electrons. The van der Waals surface area contributed by atoms with Crippen LogP contribution in [0.4, 0.5) is 0 Å². The molecule has 2 nitrogen and oxygen atoms in total. The molecule has 0 saturated heterocycles. The highest BCUT2D eigenvalue weighted by Gasteiger charge is 2.16. The first-order valence-corrected chi connectivity index (χ1v) is 6.17. The molecule has 2 heterocycles. The highest BCUT2D eigenvalue weighted by atomic mass is 32.1. The fourth-order valence-electron chi connectivity index (χ4n) is 1.52. The number of aryl methyl sites for hydroxylation is 2. The second-order valence-electron chi connectivity index (χ2n) is 3.34. The van der Waals surface area contributed by atoms with Gasteiger partial charge in [0, 0.05) is 9.75 Å². The Morgan fingerprint density at radius 3 is 2.60 bits per heavy atom. The summed E-state index contributed by atoms with van der Waals surface area (Å²) in [4.78, 5) is 14.2. The molecule has 2 aromatic rings. The van der Waals surface area contributed by atoms with Crippen LogP contribution in [0.3, 0.4) is 0 Å². The summed E-state index contributed by atoms with van der Waals surface area (Å²) in [6.45, 7) is 4.05. The zero-order valence-corrected chi connectivity index (χ0v) is 10.0. The summed E-state index contributed by atoms with van der Waals surface area (Å²) in [5, 5.41) is 10.9. The molecule has 1 N–H and O–H groups in total. The highest BCUT2D eigenvalue weighted by molar-refractivity contribution is 7.21. The summed E-state index contributed by atoms with van der Waals surface area (Å²) in [5.74, 6) is -0.850. The number of carbonyl (C=O) groups is 1.